The van der Waals surface area contributed by atoms with Gasteiger partial charge in [-0.1, -0.05) is 29.8 Å². The number of amides is 1. The first-order chi connectivity index (χ1) is 13.2. The summed E-state index contributed by atoms with van der Waals surface area (Å²) in [6.45, 7) is 3.49. The number of anilines is 1. The molecule has 0 bridgehead atoms. The number of nitrogens with zero attached hydrogens (tertiary/aromatic N) is 1. The van der Waals surface area contributed by atoms with Crippen LogP contribution in [0.15, 0.2) is 42.5 Å². The lowest BCUT2D eigenvalue weighted by molar-refractivity contribution is -0.120. The summed E-state index contributed by atoms with van der Waals surface area (Å²) < 4.78 is 36.0. The molecule has 0 aliphatic rings. The van der Waals surface area contributed by atoms with Gasteiger partial charge in [0.15, 0.2) is 11.5 Å². The van der Waals surface area contributed by atoms with E-state index in [1.807, 2.05) is 38.1 Å². The predicted molar refractivity (Wildman–Crippen MR) is 109 cm³/mol. The van der Waals surface area contributed by atoms with Crippen molar-refractivity contribution in [2.45, 2.75) is 19.9 Å². The molecule has 2 aromatic rings. The standard InChI is InChI=1S/C20H26N2O5S/c1-14-6-8-16(9-7-14)15(2)21-20(23)13-22(28(5,24)25)17-10-11-18(26-3)19(12-17)27-4/h6-12,15H,13H2,1-5H3,(H,21,23)/t15-/m0/s1. The summed E-state index contributed by atoms with van der Waals surface area (Å²) in [6, 6.07) is 12.2. The van der Waals surface area contributed by atoms with E-state index in [2.05, 4.69) is 5.32 Å². The average Bonchev–Trinajstić information content (AvgIpc) is 2.65. The highest BCUT2D eigenvalue weighted by Gasteiger charge is 2.23. The number of nitrogens with one attached hydrogen (secondary N) is 1. The minimum absolute atomic E-state index is 0.250. The minimum atomic E-state index is -3.69. The molecule has 2 aromatic carbocycles. The molecule has 2 rings (SSSR count). The van der Waals surface area contributed by atoms with Crippen molar-refractivity contribution in [3.05, 3.63) is 53.6 Å². The Bertz CT molecular complexity index is 926. The number of aryl methyl sites for hydroxylation is 1. The second kappa shape index (κ2) is 8.97. The number of ether oxygens (including phenoxy) is 2. The summed E-state index contributed by atoms with van der Waals surface area (Å²) in [5, 5.41) is 2.84. The van der Waals surface area contributed by atoms with E-state index in [1.165, 1.54) is 20.3 Å². The average molecular weight is 407 g/mol. The number of methoxy groups -OCH3 is 2. The highest BCUT2D eigenvalue weighted by molar-refractivity contribution is 7.92. The molecule has 152 valence electrons. The Morgan fingerprint density at radius 2 is 1.68 bits per heavy atom. The molecule has 0 aliphatic heterocycles. The molecule has 0 spiro atoms. The van der Waals surface area contributed by atoms with E-state index in [-0.39, 0.29) is 12.6 Å². The fourth-order valence-electron chi connectivity index (χ4n) is 2.74. The summed E-state index contributed by atoms with van der Waals surface area (Å²) in [7, 11) is -0.735. The summed E-state index contributed by atoms with van der Waals surface area (Å²) in [6.07, 6.45) is 1.06. The molecule has 0 aromatic heterocycles. The van der Waals surface area contributed by atoms with Crippen LogP contribution in [-0.4, -0.2) is 41.3 Å². The topological polar surface area (TPSA) is 84.9 Å². The Hall–Kier alpha value is -2.74. The smallest absolute Gasteiger partial charge is 0.241 e. The number of carbonyl (C=O) groups is 1. The number of benzene rings is 2. The molecule has 0 fully saturated rings. The first-order valence-corrected chi connectivity index (χ1v) is 10.6. The Morgan fingerprint density at radius 3 is 2.21 bits per heavy atom. The monoisotopic (exact) mass is 406 g/mol. The second-order valence-corrected chi connectivity index (χ2v) is 8.42. The summed E-state index contributed by atoms with van der Waals surface area (Å²) in [5.41, 5.74) is 2.38. The van der Waals surface area contributed by atoms with Gasteiger partial charge in [-0.3, -0.25) is 9.10 Å². The van der Waals surface area contributed by atoms with Crippen molar-refractivity contribution in [3.8, 4) is 11.5 Å². The Kier molecular flexibility index (Phi) is 6.90. The van der Waals surface area contributed by atoms with Crippen LogP contribution in [0.2, 0.25) is 0 Å². The van der Waals surface area contributed by atoms with E-state index in [9.17, 15) is 13.2 Å². The fraction of sp³-hybridized carbons (Fsp3) is 0.350. The van der Waals surface area contributed by atoms with Crippen molar-refractivity contribution >= 4 is 21.6 Å². The van der Waals surface area contributed by atoms with Crippen molar-refractivity contribution in [2.24, 2.45) is 0 Å². The maximum Gasteiger partial charge on any atom is 0.241 e. The summed E-state index contributed by atoms with van der Waals surface area (Å²) >= 11 is 0. The van der Waals surface area contributed by atoms with Gasteiger partial charge < -0.3 is 14.8 Å². The third kappa shape index (κ3) is 5.39. The first kappa shape index (κ1) is 21.6. The largest absolute Gasteiger partial charge is 0.493 e. The molecular weight excluding hydrogens is 380 g/mol. The van der Waals surface area contributed by atoms with E-state index >= 15 is 0 Å². The van der Waals surface area contributed by atoms with Gasteiger partial charge >= 0.3 is 0 Å². The molecular formula is C20H26N2O5S. The van der Waals surface area contributed by atoms with Crippen molar-refractivity contribution in [3.63, 3.8) is 0 Å². The van der Waals surface area contributed by atoms with Gasteiger partial charge in [0.25, 0.3) is 0 Å². The predicted octanol–water partition coefficient (Wildman–Crippen LogP) is 2.66. The molecule has 0 saturated heterocycles. The normalized spacial score (nSPS) is 12.2. The van der Waals surface area contributed by atoms with Gasteiger partial charge in [-0.05, 0) is 31.5 Å². The Morgan fingerprint density at radius 1 is 1.07 bits per heavy atom. The van der Waals surface area contributed by atoms with Gasteiger partial charge in [0.05, 0.1) is 32.2 Å². The van der Waals surface area contributed by atoms with Crippen LogP contribution >= 0.6 is 0 Å². The number of rotatable bonds is 8. The molecule has 1 amide bonds. The minimum Gasteiger partial charge on any atom is -0.493 e. The zero-order valence-electron chi connectivity index (χ0n) is 16.7. The highest BCUT2D eigenvalue weighted by Crippen LogP contribution is 2.32. The number of hydrogen-bond acceptors (Lipinski definition) is 5. The van der Waals surface area contributed by atoms with E-state index in [4.69, 9.17) is 9.47 Å². The van der Waals surface area contributed by atoms with Crippen LogP contribution < -0.4 is 19.1 Å². The molecule has 1 N–H and O–H groups in total. The molecule has 0 saturated carbocycles. The van der Waals surface area contributed by atoms with Crippen molar-refractivity contribution < 1.29 is 22.7 Å². The van der Waals surface area contributed by atoms with E-state index in [1.54, 1.807) is 12.1 Å². The molecule has 8 heteroatoms. The van der Waals surface area contributed by atoms with E-state index < -0.39 is 15.9 Å². The van der Waals surface area contributed by atoms with Crippen LogP contribution in [0.25, 0.3) is 0 Å². The van der Waals surface area contributed by atoms with Crippen molar-refractivity contribution in [1.29, 1.82) is 0 Å². The van der Waals surface area contributed by atoms with E-state index in [0.29, 0.717) is 17.2 Å². The number of hydrogen-bond donors (Lipinski definition) is 1. The van der Waals surface area contributed by atoms with Crippen LogP contribution in [0.3, 0.4) is 0 Å². The van der Waals surface area contributed by atoms with Crippen LogP contribution in [0.4, 0.5) is 5.69 Å². The van der Waals surface area contributed by atoms with Crippen LogP contribution in [-0.2, 0) is 14.8 Å². The van der Waals surface area contributed by atoms with E-state index in [0.717, 1.165) is 21.7 Å². The van der Waals surface area contributed by atoms with Gasteiger partial charge in [-0.2, -0.15) is 0 Å². The molecule has 7 nitrogen and oxygen atoms in total. The van der Waals surface area contributed by atoms with Gasteiger partial charge in [-0.25, -0.2) is 8.42 Å². The van der Waals surface area contributed by atoms with Gasteiger partial charge in [0.2, 0.25) is 15.9 Å². The Balaban J connectivity index is 2.20. The molecule has 0 radical (unpaired) electrons. The summed E-state index contributed by atoms with van der Waals surface area (Å²) in [5.74, 6) is 0.438. The third-order valence-electron chi connectivity index (χ3n) is 4.30. The lowest BCUT2D eigenvalue weighted by Gasteiger charge is -2.24. The molecule has 1 atom stereocenters. The van der Waals surface area contributed by atoms with Crippen LogP contribution in [0, 0.1) is 6.92 Å². The van der Waals surface area contributed by atoms with Crippen LogP contribution in [0.1, 0.15) is 24.1 Å². The van der Waals surface area contributed by atoms with Gasteiger partial charge in [-0.15, -0.1) is 0 Å². The maximum atomic E-state index is 12.5. The first-order valence-electron chi connectivity index (χ1n) is 8.71. The van der Waals surface area contributed by atoms with Gasteiger partial charge in [0.1, 0.15) is 6.54 Å². The molecule has 0 unspecified atom stereocenters. The molecule has 0 heterocycles. The quantitative estimate of drug-likeness (QED) is 0.729. The molecule has 28 heavy (non-hydrogen) atoms. The van der Waals surface area contributed by atoms with Crippen LogP contribution in [0.5, 0.6) is 11.5 Å². The number of sulfonamides is 1. The Labute approximate surface area is 166 Å². The fourth-order valence-corrected chi connectivity index (χ4v) is 3.58. The number of carbonyl (C=O) groups excluding carboxylic acids is 1. The zero-order chi connectivity index (χ0) is 20.9. The lowest BCUT2D eigenvalue weighted by Crippen LogP contribution is -2.41. The second-order valence-electron chi connectivity index (χ2n) is 6.51. The van der Waals surface area contributed by atoms with Gasteiger partial charge in [0, 0.05) is 6.07 Å². The highest BCUT2D eigenvalue weighted by atomic mass is 32.2. The van der Waals surface area contributed by atoms with Crippen molar-refractivity contribution in [2.75, 3.05) is 31.3 Å². The maximum absolute atomic E-state index is 12.5. The molecule has 0 aliphatic carbocycles. The third-order valence-corrected chi connectivity index (χ3v) is 5.44. The summed E-state index contributed by atoms with van der Waals surface area (Å²) in [4.78, 5) is 12.5. The zero-order valence-corrected chi connectivity index (χ0v) is 17.5. The SMILES string of the molecule is COc1ccc(N(CC(=O)N[C@@H](C)c2ccc(C)cc2)S(C)(=O)=O)cc1OC. The van der Waals surface area contributed by atoms with Crippen molar-refractivity contribution in [1.82, 2.24) is 5.32 Å². The lowest BCUT2D eigenvalue weighted by atomic mass is 10.1.